The maximum Gasteiger partial charge on any atom is 0.325 e. The van der Waals surface area contributed by atoms with Gasteiger partial charge in [-0.15, -0.1) is 0 Å². The lowest BCUT2D eigenvalue weighted by atomic mass is 9.98. The van der Waals surface area contributed by atoms with Gasteiger partial charge in [0.15, 0.2) is 0 Å². The van der Waals surface area contributed by atoms with Crippen LogP contribution >= 0.6 is 0 Å². The maximum atomic E-state index is 12.7. The number of ether oxygens (including phenoxy) is 1. The monoisotopic (exact) mass is 402 g/mol. The molecule has 156 valence electrons. The van der Waals surface area contributed by atoms with E-state index in [0.29, 0.717) is 24.3 Å². The molecule has 2 N–H and O–H groups in total. The first kappa shape index (κ1) is 20.6. The van der Waals surface area contributed by atoms with Crippen molar-refractivity contribution in [2.45, 2.75) is 38.1 Å². The molecule has 0 aromatic heterocycles. The number of amides is 5. The van der Waals surface area contributed by atoms with E-state index in [1.165, 1.54) is 12.0 Å². The molecule has 2 fully saturated rings. The third-order valence-electron chi connectivity index (χ3n) is 5.45. The van der Waals surface area contributed by atoms with Gasteiger partial charge in [-0.2, -0.15) is 0 Å². The Morgan fingerprint density at radius 3 is 2.59 bits per heavy atom. The zero-order valence-electron chi connectivity index (χ0n) is 16.7. The SMILES string of the molecule is CCN(CC(=O)Nc1ccccc1OC)C(=O)CN1C(=O)NC2(CCCC2)C1=O. The minimum atomic E-state index is -0.852. The molecule has 9 heteroatoms. The zero-order chi connectivity index (χ0) is 21.0. The van der Waals surface area contributed by atoms with Gasteiger partial charge in [-0.1, -0.05) is 25.0 Å². The number of hydrogen-bond donors (Lipinski definition) is 2. The first-order valence-corrected chi connectivity index (χ1v) is 9.75. The summed E-state index contributed by atoms with van der Waals surface area (Å²) in [6.45, 7) is 1.44. The quantitative estimate of drug-likeness (QED) is 0.670. The summed E-state index contributed by atoms with van der Waals surface area (Å²) >= 11 is 0. The number of para-hydroxylation sites is 2. The Bertz CT molecular complexity index is 819. The molecule has 3 rings (SSSR count). The minimum absolute atomic E-state index is 0.192. The number of imide groups is 1. The van der Waals surface area contributed by atoms with Crippen LogP contribution < -0.4 is 15.4 Å². The molecule has 0 radical (unpaired) electrons. The highest BCUT2D eigenvalue weighted by Crippen LogP contribution is 2.35. The predicted molar refractivity (Wildman–Crippen MR) is 105 cm³/mol. The fourth-order valence-corrected chi connectivity index (χ4v) is 3.86. The van der Waals surface area contributed by atoms with E-state index < -0.39 is 23.4 Å². The highest BCUT2D eigenvalue weighted by molar-refractivity contribution is 6.09. The summed E-state index contributed by atoms with van der Waals surface area (Å²) in [5.74, 6) is -0.685. The standard InChI is InChI=1S/C20H26N4O5/c1-3-23(12-16(25)21-14-8-4-5-9-15(14)29-2)17(26)13-24-18(27)20(22-19(24)28)10-6-7-11-20/h4-5,8-9H,3,6-7,10-13H2,1-2H3,(H,21,25)(H,22,28). The number of nitrogens with zero attached hydrogens (tertiary/aromatic N) is 2. The fraction of sp³-hybridized carbons (Fsp3) is 0.500. The van der Waals surface area contributed by atoms with Gasteiger partial charge in [0.2, 0.25) is 11.8 Å². The summed E-state index contributed by atoms with van der Waals surface area (Å²) in [7, 11) is 1.50. The third kappa shape index (κ3) is 4.18. The van der Waals surface area contributed by atoms with Crippen molar-refractivity contribution in [1.82, 2.24) is 15.1 Å². The van der Waals surface area contributed by atoms with Gasteiger partial charge in [-0.05, 0) is 31.9 Å². The van der Waals surface area contributed by atoms with Crippen molar-refractivity contribution in [2.75, 3.05) is 32.1 Å². The Balaban J connectivity index is 1.61. The second-order valence-corrected chi connectivity index (χ2v) is 7.27. The van der Waals surface area contributed by atoms with Crippen LogP contribution in [0.2, 0.25) is 0 Å². The topological polar surface area (TPSA) is 108 Å². The summed E-state index contributed by atoms with van der Waals surface area (Å²) in [6, 6.07) is 6.42. The van der Waals surface area contributed by atoms with E-state index in [0.717, 1.165) is 17.7 Å². The van der Waals surface area contributed by atoms with E-state index in [2.05, 4.69) is 10.6 Å². The van der Waals surface area contributed by atoms with E-state index in [4.69, 9.17) is 4.74 Å². The number of nitrogens with one attached hydrogen (secondary N) is 2. The Morgan fingerprint density at radius 2 is 1.93 bits per heavy atom. The number of benzene rings is 1. The molecule has 1 saturated carbocycles. The van der Waals surface area contributed by atoms with Crippen molar-refractivity contribution in [3.05, 3.63) is 24.3 Å². The number of hydrogen-bond acceptors (Lipinski definition) is 5. The van der Waals surface area contributed by atoms with Gasteiger partial charge in [0.05, 0.1) is 19.3 Å². The molecule has 2 aliphatic rings. The van der Waals surface area contributed by atoms with E-state index in [1.807, 2.05) is 0 Å². The van der Waals surface area contributed by atoms with Crippen LogP contribution in [0.5, 0.6) is 5.75 Å². The smallest absolute Gasteiger partial charge is 0.325 e. The van der Waals surface area contributed by atoms with Crippen molar-refractivity contribution in [1.29, 1.82) is 0 Å². The van der Waals surface area contributed by atoms with E-state index >= 15 is 0 Å². The molecule has 29 heavy (non-hydrogen) atoms. The number of carbonyl (C=O) groups excluding carboxylic acids is 4. The maximum absolute atomic E-state index is 12.7. The average Bonchev–Trinajstić information content (AvgIpc) is 3.27. The summed E-state index contributed by atoms with van der Waals surface area (Å²) in [6.07, 6.45) is 2.94. The molecular formula is C20H26N4O5. The first-order chi connectivity index (χ1) is 13.9. The lowest BCUT2D eigenvalue weighted by Gasteiger charge is -2.24. The molecule has 9 nitrogen and oxygen atoms in total. The molecule has 5 amide bonds. The molecule has 1 spiro atoms. The minimum Gasteiger partial charge on any atom is -0.495 e. The van der Waals surface area contributed by atoms with Crippen molar-refractivity contribution in [3.63, 3.8) is 0 Å². The summed E-state index contributed by atoms with van der Waals surface area (Å²) in [5.41, 5.74) is -0.351. The number of likely N-dealkylation sites (N-methyl/N-ethyl adjacent to an activating group) is 1. The first-order valence-electron chi connectivity index (χ1n) is 9.75. The van der Waals surface area contributed by atoms with Crippen molar-refractivity contribution < 1.29 is 23.9 Å². The van der Waals surface area contributed by atoms with Crippen molar-refractivity contribution >= 4 is 29.4 Å². The molecule has 1 aliphatic heterocycles. The van der Waals surface area contributed by atoms with Gasteiger partial charge in [0, 0.05) is 6.54 Å². The second kappa shape index (κ2) is 8.50. The van der Waals surface area contributed by atoms with Crippen LogP contribution in [0.25, 0.3) is 0 Å². The van der Waals surface area contributed by atoms with Crippen LogP contribution in [0.3, 0.4) is 0 Å². The number of anilines is 1. The molecule has 1 saturated heterocycles. The molecule has 0 bridgehead atoms. The summed E-state index contributed by atoms with van der Waals surface area (Å²) < 4.78 is 5.20. The van der Waals surface area contributed by atoms with Crippen LogP contribution in [0.15, 0.2) is 24.3 Å². The Morgan fingerprint density at radius 1 is 1.24 bits per heavy atom. The highest BCUT2D eigenvalue weighted by Gasteiger charge is 2.52. The number of rotatable bonds is 7. The molecule has 1 heterocycles. The van der Waals surface area contributed by atoms with Gasteiger partial charge < -0.3 is 20.3 Å². The molecule has 0 unspecified atom stereocenters. The highest BCUT2D eigenvalue weighted by atomic mass is 16.5. The molecular weight excluding hydrogens is 376 g/mol. The van der Waals surface area contributed by atoms with E-state index in [-0.39, 0.29) is 25.5 Å². The average molecular weight is 402 g/mol. The number of methoxy groups -OCH3 is 1. The molecule has 0 atom stereocenters. The van der Waals surface area contributed by atoms with Crippen molar-refractivity contribution in [2.24, 2.45) is 0 Å². The lowest BCUT2D eigenvalue weighted by molar-refractivity contribution is -0.140. The lowest BCUT2D eigenvalue weighted by Crippen LogP contribution is -2.47. The van der Waals surface area contributed by atoms with Crippen LogP contribution in [0, 0.1) is 0 Å². The van der Waals surface area contributed by atoms with Gasteiger partial charge in [-0.3, -0.25) is 19.3 Å². The van der Waals surface area contributed by atoms with Gasteiger partial charge >= 0.3 is 6.03 Å². The van der Waals surface area contributed by atoms with Crippen molar-refractivity contribution in [3.8, 4) is 5.75 Å². The zero-order valence-corrected chi connectivity index (χ0v) is 16.7. The normalized spacial score (nSPS) is 17.4. The van der Waals surface area contributed by atoms with Crippen LogP contribution in [-0.4, -0.2) is 65.8 Å². The van der Waals surface area contributed by atoms with Gasteiger partial charge in [0.1, 0.15) is 17.8 Å². The Kier molecular flexibility index (Phi) is 6.05. The Labute approximate surface area is 169 Å². The largest absolute Gasteiger partial charge is 0.495 e. The number of urea groups is 1. The van der Waals surface area contributed by atoms with Crippen LogP contribution in [-0.2, 0) is 14.4 Å². The molecule has 1 aromatic rings. The molecule has 1 aliphatic carbocycles. The van der Waals surface area contributed by atoms with E-state index in [9.17, 15) is 19.2 Å². The Hall–Kier alpha value is -3.10. The van der Waals surface area contributed by atoms with Crippen LogP contribution in [0.1, 0.15) is 32.6 Å². The summed E-state index contributed by atoms with van der Waals surface area (Å²) in [5, 5.41) is 5.47. The van der Waals surface area contributed by atoms with E-state index in [1.54, 1.807) is 31.2 Å². The molecule has 1 aromatic carbocycles. The summed E-state index contributed by atoms with van der Waals surface area (Å²) in [4.78, 5) is 52.3. The number of carbonyl (C=O) groups is 4. The predicted octanol–water partition coefficient (Wildman–Crippen LogP) is 1.35. The third-order valence-corrected chi connectivity index (χ3v) is 5.45. The van der Waals surface area contributed by atoms with Gasteiger partial charge in [0.25, 0.3) is 5.91 Å². The second-order valence-electron chi connectivity index (χ2n) is 7.27. The fourth-order valence-electron chi connectivity index (χ4n) is 3.86. The van der Waals surface area contributed by atoms with Crippen LogP contribution in [0.4, 0.5) is 10.5 Å². The van der Waals surface area contributed by atoms with Gasteiger partial charge in [-0.25, -0.2) is 4.79 Å².